The van der Waals surface area contributed by atoms with Crippen LogP contribution in [0.25, 0.3) is 0 Å². The monoisotopic (exact) mass is 176 g/mol. The molecule has 1 heterocycles. The molecular weight excluding hydrogens is 156 g/mol. The van der Waals surface area contributed by atoms with Crippen molar-refractivity contribution in [3.63, 3.8) is 0 Å². The van der Waals surface area contributed by atoms with Gasteiger partial charge in [-0.2, -0.15) is 0 Å². The van der Waals surface area contributed by atoms with Crippen molar-refractivity contribution in [2.24, 2.45) is 0 Å². The summed E-state index contributed by atoms with van der Waals surface area (Å²) in [7, 11) is 1.55. The molecule has 0 saturated carbocycles. The lowest BCUT2D eigenvalue weighted by molar-refractivity contribution is 0.135. The Morgan fingerprint density at radius 3 is 2.08 bits per heavy atom. The van der Waals surface area contributed by atoms with Gasteiger partial charge in [0.25, 0.3) is 0 Å². The van der Waals surface area contributed by atoms with Crippen LogP contribution in [0.2, 0.25) is 0 Å². The molecule has 12 heavy (non-hydrogen) atoms. The van der Waals surface area contributed by atoms with Gasteiger partial charge in [-0.3, -0.25) is 0 Å². The third-order valence-corrected chi connectivity index (χ3v) is 0.795. The van der Waals surface area contributed by atoms with Crippen molar-refractivity contribution in [3.8, 4) is 0 Å². The van der Waals surface area contributed by atoms with Crippen LogP contribution in [0, 0.1) is 0 Å². The molecule has 0 aromatic heterocycles. The molecule has 0 spiro atoms. The zero-order chi connectivity index (χ0) is 9.82. The van der Waals surface area contributed by atoms with Gasteiger partial charge in [-0.15, -0.1) is 6.58 Å². The van der Waals surface area contributed by atoms with Gasteiger partial charge in [0.1, 0.15) is 0 Å². The maximum Gasteiger partial charge on any atom is 0.0781 e. The summed E-state index contributed by atoms with van der Waals surface area (Å²) in [5, 5.41) is 7.94. The summed E-state index contributed by atoms with van der Waals surface area (Å²) in [5.74, 6) is 0. The molecule has 0 radical (unpaired) electrons. The highest BCUT2D eigenvalue weighted by Gasteiger charge is 2.13. The molecule has 0 bridgehead atoms. The summed E-state index contributed by atoms with van der Waals surface area (Å²) in [4.78, 5) is 0. The van der Waals surface area contributed by atoms with Crippen molar-refractivity contribution in [1.82, 2.24) is 0 Å². The Bertz CT molecular complexity index is 77.8. The first-order chi connectivity index (χ1) is 5.72. The van der Waals surface area contributed by atoms with E-state index in [2.05, 4.69) is 18.2 Å². The van der Waals surface area contributed by atoms with Gasteiger partial charge in [0, 0.05) is 7.11 Å². The highest BCUT2D eigenvalue weighted by molar-refractivity contribution is 4.58. The number of allylic oxidation sites excluding steroid dienone is 1. The fraction of sp³-hybridized carbons (Fsp3) is 0.778. The molecule has 1 fully saturated rings. The Hall–Kier alpha value is -0.380. The number of hydrogen-bond acceptors (Lipinski definition) is 3. The van der Waals surface area contributed by atoms with E-state index in [0.29, 0.717) is 12.7 Å². The fourth-order valence-corrected chi connectivity index (χ4v) is 0.188. The van der Waals surface area contributed by atoms with Crippen LogP contribution in [0.5, 0.6) is 0 Å². The zero-order valence-corrected chi connectivity index (χ0v) is 8.25. The van der Waals surface area contributed by atoms with E-state index in [1.165, 1.54) is 0 Å². The van der Waals surface area contributed by atoms with Crippen molar-refractivity contribution >= 4 is 0 Å². The molecule has 3 nitrogen and oxygen atoms in total. The van der Waals surface area contributed by atoms with Crippen LogP contribution in [0.4, 0.5) is 0 Å². The summed E-state index contributed by atoms with van der Waals surface area (Å²) in [6.07, 6.45) is 2.33. The molecule has 0 amide bonds. The predicted molar refractivity (Wildman–Crippen MR) is 50.2 cm³/mol. The van der Waals surface area contributed by atoms with Crippen molar-refractivity contribution < 1.29 is 14.6 Å². The Labute approximate surface area is 75.0 Å². The molecule has 0 aliphatic carbocycles. The predicted octanol–water partition coefficient (Wildman–Crippen LogP) is 1.22. The highest BCUT2D eigenvalue weighted by atomic mass is 16.6. The standard InChI is InChI=1S/C3H8O2.C3H6O.C3H6/c1-5-3-2-4;1-3-2-4-3;1-3-2/h4H,2-3H2,1H3;3H,2H2,1H3;3H,1H2,2H3. The van der Waals surface area contributed by atoms with Crippen molar-refractivity contribution in [1.29, 1.82) is 0 Å². The number of hydrogen-bond donors (Lipinski definition) is 1. The Morgan fingerprint density at radius 1 is 1.75 bits per heavy atom. The quantitative estimate of drug-likeness (QED) is 0.508. The second-order valence-electron chi connectivity index (χ2n) is 2.27. The minimum Gasteiger partial charge on any atom is -0.394 e. The number of ether oxygens (including phenoxy) is 2. The summed E-state index contributed by atoms with van der Waals surface area (Å²) in [5.41, 5.74) is 0. The average Bonchev–Trinajstić information content (AvgIpc) is 2.76. The molecule has 0 aromatic carbocycles. The van der Waals surface area contributed by atoms with Gasteiger partial charge in [-0.05, 0) is 13.8 Å². The average molecular weight is 176 g/mol. The topological polar surface area (TPSA) is 42.0 Å². The molecule has 0 aromatic rings. The highest BCUT2D eigenvalue weighted by Crippen LogP contribution is 2.04. The van der Waals surface area contributed by atoms with Gasteiger partial charge in [-0.25, -0.2) is 0 Å². The van der Waals surface area contributed by atoms with E-state index in [0.717, 1.165) is 6.61 Å². The number of methoxy groups -OCH3 is 1. The van der Waals surface area contributed by atoms with Crippen LogP contribution in [0.1, 0.15) is 13.8 Å². The van der Waals surface area contributed by atoms with E-state index in [4.69, 9.17) is 9.84 Å². The lowest BCUT2D eigenvalue weighted by atomic mass is 10.6. The lowest BCUT2D eigenvalue weighted by Gasteiger charge is -1.84. The van der Waals surface area contributed by atoms with Crippen molar-refractivity contribution in [2.45, 2.75) is 20.0 Å². The SMILES string of the molecule is C=CC.CC1CO1.COCCO. The third-order valence-electron chi connectivity index (χ3n) is 0.795. The number of rotatable bonds is 2. The summed E-state index contributed by atoms with van der Waals surface area (Å²) < 4.78 is 9.15. The first-order valence-electron chi connectivity index (χ1n) is 4.01. The minimum absolute atomic E-state index is 0.122. The largest absolute Gasteiger partial charge is 0.394 e. The molecule has 1 unspecified atom stereocenters. The smallest absolute Gasteiger partial charge is 0.0781 e. The first-order valence-corrected chi connectivity index (χ1v) is 4.01. The van der Waals surface area contributed by atoms with Gasteiger partial charge in [0.2, 0.25) is 0 Å². The number of aliphatic hydroxyl groups is 1. The zero-order valence-electron chi connectivity index (χ0n) is 8.25. The van der Waals surface area contributed by atoms with E-state index in [-0.39, 0.29) is 6.61 Å². The van der Waals surface area contributed by atoms with Crippen LogP contribution in [-0.2, 0) is 9.47 Å². The molecule has 1 aliphatic rings. The second-order valence-corrected chi connectivity index (χ2v) is 2.27. The van der Waals surface area contributed by atoms with Crippen molar-refractivity contribution in [3.05, 3.63) is 12.7 Å². The lowest BCUT2D eigenvalue weighted by Crippen LogP contribution is -1.91. The molecule has 1 N–H and O–H groups in total. The van der Waals surface area contributed by atoms with E-state index < -0.39 is 0 Å². The number of aliphatic hydroxyl groups excluding tert-OH is 1. The van der Waals surface area contributed by atoms with Gasteiger partial charge in [0.15, 0.2) is 0 Å². The molecular formula is C9H20O3. The van der Waals surface area contributed by atoms with Crippen LogP contribution in [-0.4, -0.2) is 38.1 Å². The molecule has 1 saturated heterocycles. The van der Waals surface area contributed by atoms with E-state index in [1.54, 1.807) is 13.2 Å². The minimum atomic E-state index is 0.122. The van der Waals surface area contributed by atoms with E-state index >= 15 is 0 Å². The third kappa shape index (κ3) is 33.5. The molecule has 74 valence electrons. The summed E-state index contributed by atoms with van der Waals surface area (Å²) in [6, 6.07) is 0. The maximum absolute atomic E-state index is 7.94. The normalized spacial score (nSPS) is 17.8. The summed E-state index contributed by atoms with van der Waals surface area (Å²) in [6.45, 7) is 8.86. The molecule has 1 aliphatic heterocycles. The summed E-state index contributed by atoms with van der Waals surface area (Å²) >= 11 is 0. The maximum atomic E-state index is 7.94. The van der Waals surface area contributed by atoms with Gasteiger partial charge >= 0.3 is 0 Å². The molecule has 1 atom stereocenters. The van der Waals surface area contributed by atoms with Crippen LogP contribution >= 0.6 is 0 Å². The Kier molecular flexibility index (Phi) is 15.6. The van der Waals surface area contributed by atoms with Crippen LogP contribution in [0.15, 0.2) is 12.7 Å². The molecule has 1 rings (SSSR count). The molecule has 3 heteroatoms. The Balaban J connectivity index is 0. The first kappa shape index (κ1) is 14.2. The van der Waals surface area contributed by atoms with Gasteiger partial charge < -0.3 is 14.6 Å². The van der Waals surface area contributed by atoms with Gasteiger partial charge in [0.05, 0.1) is 25.9 Å². The van der Waals surface area contributed by atoms with Gasteiger partial charge in [-0.1, -0.05) is 6.08 Å². The Morgan fingerprint density at radius 2 is 2.08 bits per heavy atom. The van der Waals surface area contributed by atoms with E-state index in [1.807, 2.05) is 6.92 Å². The number of epoxide rings is 1. The van der Waals surface area contributed by atoms with Crippen LogP contribution in [0.3, 0.4) is 0 Å². The second kappa shape index (κ2) is 13.2. The van der Waals surface area contributed by atoms with Crippen LogP contribution < -0.4 is 0 Å². The van der Waals surface area contributed by atoms with Crippen molar-refractivity contribution in [2.75, 3.05) is 26.9 Å². The fourth-order valence-electron chi connectivity index (χ4n) is 0.188. The van der Waals surface area contributed by atoms with E-state index in [9.17, 15) is 0 Å².